The quantitative estimate of drug-likeness (QED) is 0.794. The normalized spacial score (nSPS) is 11.7. The van der Waals surface area contributed by atoms with E-state index in [2.05, 4.69) is 25.6 Å². The van der Waals surface area contributed by atoms with Crippen molar-refractivity contribution >= 4 is 60.5 Å². The van der Waals surface area contributed by atoms with Crippen molar-refractivity contribution in [2.75, 3.05) is 0 Å². The summed E-state index contributed by atoms with van der Waals surface area (Å²) in [5, 5.41) is 2.04. The average molecular weight is 402 g/mol. The molecule has 0 saturated heterocycles. The molecular formula is C10H7BrCl2N2O2S2. The Bertz CT molecular complexity index is 703. The van der Waals surface area contributed by atoms with Crippen molar-refractivity contribution in [3.8, 4) is 0 Å². The molecule has 102 valence electrons. The summed E-state index contributed by atoms with van der Waals surface area (Å²) < 4.78 is 27.4. The van der Waals surface area contributed by atoms with Crippen LogP contribution in [0.25, 0.3) is 0 Å². The van der Waals surface area contributed by atoms with Gasteiger partial charge in [0.15, 0.2) is 0 Å². The number of thiophene rings is 1. The van der Waals surface area contributed by atoms with Gasteiger partial charge in [-0.25, -0.2) is 18.1 Å². The zero-order chi connectivity index (χ0) is 14.0. The smallest absolute Gasteiger partial charge is 0.242 e. The molecule has 2 heterocycles. The Balaban J connectivity index is 2.18. The molecule has 1 N–H and O–H groups in total. The highest BCUT2D eigenvalue weighted by atomic mass is 79.9. The summed E-state index contributed by atoms with van der Waals surface area (Å²) in [7, 11) is -3.66. The summed E-state index contributed by atoms with van der Waals surface area (Å²) in [5.74, 6) is 0. The van der Waals surface area contributed by atoms with E-state index in [1.807, 2.05) is 11.4 Å². The monoisotopic (exact) mass is 400 g/mol. The Morgan fingerprint density at radius 1 is 1.42 bits per heavy atom. The molecule has 0 atom stereocenters. The molecule has 0 spiro atoms. The number of sulfonamides is 1. The summed E-state index contributed by atoms with van der Waals surface area (Å²) in [6.45, 7) is 0.195. The molecule has 0 aliphatic heterocycles. The van der Waals surface area contributed by atoms with Crippen LogP contribution < -0.4 is 4.72 Å². The van der Waals surface area contributed by atoms with Gasteiger partial charge < -0.3 is 0 Å². The molecule has 9 heteroatoms. The van der Waals surface area contributed by atoms with Crippen LogP contribution in [-0.2, 0) is 16.6 Å². The minimum absolute atomic E-state index is 0.0189. The van der Waals surface area contributed by atoms with Crippen LogP contribution in [0.1, 0.15) is 4.88 Å². The molecule has 0 aliphatic rings. The maximum atomic E-state index is 12.0. The van der Waals surface area contributed by atoms with Gasteiger partial charge in [-0.15, -0.1) is 11.3 Å². The van der Waals surface area contributed by atoms with Gasteiger partial charge >= 0.3 is 0 Å². The summed E-state index contributed by atoms with van der Waals surface area (Å²) in [6, 6.07) is 3.12. The molecule has 19 heavy (non-hydrogen) atoms. The van der Waals surface area contributed by atoms with E-state index in [1.165, 1.54) is 23.6 Å². The molecule has 0 aliphatic carbocycles. The van der Waals surface area contributed by atoms with Gasteiger partial charge in [-0.05, 0) is 33.4 Å². The first-order valence-electron chi connectivity index (χ1n) is 4.93. The van der Waals surface area contributed by atoms with E-state index in [0.29, 0.717) is 0 Å². The van der Waals surface area contributed by atoms with Gasteiger partial charge in [0.1, 0.15) is 10.0 Å². The van der Waals surface area contributed by atoms with Crippen LogP contribution in [0, 0.1) is 0 Å². The van der Waals surface area contributed by atoms with E-state index in [-0.39, 0.29) is 21.6 Å². The van der Waals surface area contributed by atoms with Gasteiger partial charge in [-0.3, -0.25) is 0 Å². The summed E-state index contributed by atoms with van der Waals surface area (Å²) in [5.41, 5.74) is 0. The molecule has 0 amide bonds. The number of aromatic nitrogens is 1. The topological polar surface area (TPSA) is 59.1 Å². The lowest BCUT2D eigenvalue weighted by atomic mass is 10.5. The highest BCUT2D eigenvalue weighted by molar-refractivity contribution is 9.10. The van der Waals surface area contributed by atoms with Crippen molar-refractivity contribution in [1.29, 1.82) is 0 Å². The standard InChI is InChI=1S/C10H7BrCl2N2O2S2/c11-7-1-2-18-9(7)5-15-19(16,17)6-3-8(12)10(13)14-4-6/h1-4,15H,5H2. The maximum absolute atomic E-state index is 12.0. The number of halogens is 3. The molecule has 0 unspecified atom stereocenters. The lowest BCUT2D eigenvalue weighted by Gasteiger charge is -2.06. The predicted molar refractivity (Wildman–Crippen MR) is 80.3 cm³/mol. The van der Waals surface area contributed by atoms with E-state index in [0.717, 1.165) is 9.35 Å². The van der Waals surface area contributed by atoms with E-state index < -0.39 is 10.0 Å². The van der Waals surface area contributed by atoms with E-state index in [4.69, 9.17) is 23.2 Å². The van der Waals surface area contributed by atoms with Crippen molar-refractivity contribution in [3.63, 3.8) is 0 Å². The minimum Gasteiger partial charge on any atom is -0.242 e. The molecule has 0 radical (unpaired) electrons. The Kier molecular flexibility index (Phi) is 4.86. The average Bonchev–Trinajstić information content (AvgIpc) is 2.76. The van der Waals surface area contributed by atoms with Gasteiger partial charge in [0, 0.05) is 22.1 Å². The highest BCUT2D eigenvalue weighted by Gasteiger charge is 2.16. The number of nitrogens with one attached hydrogen (secondary N) is 1. The van der Waals surface area contributed by atoms with Gasteiger partial charge in [0.25, 0.3) is 0 Å². The third kappa shape index (κ3) is 3.68. The first-order valence-corrected chi connectivity index (χ1v) is 8.84. The Morgan fingerprint density at radius 3 is 2.74 bits per heavy atom. The fourth-order valence-electron chi connectivity index (χ4n) is 1.25. The zero-order valence-electron chi connectivity index (χ0n) is 9.23. The Hall–Kier alpha value is -0.180. The largest absolute Gasteiger partial charge is 0.242 e. The molecule has 2 aromatic rings. The Morgan fingerprint density at radius 2 is 2.16 bits per heavy atom. The van der Waals surface area contributed by atoms with Crippen molar-refractivity contribution in [2.24, 2.45) is 0 Å². The van der Waals surface area contributed by atoms with Gasteiger partial charge in [-0.1, -0.05) is 23.2 Å². The van der Waals surface area contributed by atoms with E-state index in [1.54, 1.807) is 0 Å². The summed E-state index contributed by atoms with van der Waals surface area (Å²) in [4.78, 5) is 4.58. The zero-order valence-corrected chi connectivity index (χ0v) is 14.0. The fourth-order valence-corrected chi connectivity index (χ4v) is 4.07. The van der Waals surface area contributed by atoms with Crippen LogP contribution in [0.4, 0.5) is 0 Å². The summed E-state index contributed by atoms with van der Waals surface area (Å²) >= 11 is 16.2. The molecule has 0 bridgehead atoms. The highest BCUT2D eigenvalue weighted by Crippen LogP contribution is 2.24. The van der Waals surface area contributed by atoms with E-state index in [9.17, 15) is 8.42 Å². The second-order valence-electron chi connectivity index (χ2n) is 3.46. The molecule has 0 aromatic carbocycles. The molecular weight excluding hydrogens is 395 g/mol. The van der Waals surface area contributed by atoms with Crippen LogP contribution >= 0.6 is 50.5 Å². The lowest BCUT2D eigenvalue weighted by Crippen LogP contribution is -2.23. The molecule has 2 rings (SSSR count). The van der Waals surface area contributed by atoms with Crippen molar-refractivity contribution < 1.29 is 8.42 Å². The van der Waals surface area contributed by atoms with Gasteiger partial charge in [-0.2, -0.15) is 0 Å². The second kappa shape index (κ2) is 6.07. The van der Waals surface area contributed by atoms with Crippen molar-refractivity contribution in [2.45, 2.75) is 11.4 Å². The van der Waals surface area contributed by atoms with E-state index >= 15 is 0 Å². The first kappa shape index (κ1) is 15.2. The minimum atomic E-state index is -3.66. The van der Waals surface area contributed by atoms with Crippen LogP contribution in [0.2, 0.25) is 10.2 Å². The predicted octanol–water partition coefficient (Wildman–Crippen LogP) is 3.69. The molecule has 2 aromatic heterocycles. The summed E-state index contributed by atoms with van der Waals surface area (Å²) in [6.07, 6.45) is 1.17. The van der Waals surface area contributed by atoms with Crippen LogP contribution in [0.15, 0.2) is 33.1 Å². The SMILES string of the molecule is O=S(=O)(NCc1sccc1Br)c1cnc(Cl)c(Cl)c1. The third-order valence-electron chi connectivity index (χ3n) is 2.20. The van der Waals surface area contributed by atoms with Gasteiger partial charge in [0.2, 0.25) is 10.0 Å². The fraction of sp³-hybridized carbons (Fsp3) is 0.100. The number of nitrogens with zero attached hydrogens (tertiary/aromatic N) is 1. The second-order valence-corrected chi connectivity index (χ2v) is 7.85. The number of hydrogen-bond donors (Lipinski definition) is 1. The number of rotatable bonds is 4. The third-order valence-corrected chi connectivity index (χ3v) is 6.18. The lowest BCUT2D eigenvalue weighted by molar-refractivity contribution is 0.581. The van der Waals surface area contributed by atoms with Gasteiger partial charge in [0.05, 0.1) is 5.02 Å². The van der Waals surface area contributed by atoms with Crippen LogP contribution in [-0.4, -0.2) is 13.4 Å². The molecule has 4 nitrogen and oxygen atoms in total. The Labute approximate surface area is 132 Å². The van der Waals surface area contributed by atoms with Crippen molar-refractivity contribution in [3.05, 3.63) is 43.2 Å². The van der Waals surface area contributed by atoms with Crippen LogP contribution in [0.3, 0.4) is 0 Å². The maximum Gasteiger partial charge on any atom is 0.242 e. The number of pyridine rings is 1. The number of hydrogen-bond acceptors (Lipinski definition) is 4. The van der Waals surface area contributed by atoms with Crippen molar-refractivity contribution in [1.82, 2.24) is 9.71 Å². The first-order chi connectivity index (χ1) is 8.90. The molecule has 0 fully saturated rings. The molecule has 0 saturated carbocycles. The van der Waals surface area contributed by atoms with Crippen LogP contribution in [0.5, 0.6) is 0 Å².